The third-order valence-electron chi connectivity index (χ3n) is 13.7. The largest absolute Gasteiger partial charge is 0.489 e. The smallest absolute Gasteiger partial charge is 0.379 e. The zero-order valence-corrected chi connectivity index (χ0v) is 45.4. The van der Waals surface area contributed by atoms with Crippen LogP contribution >= 0.6 is 23.2 Å². The summed E-state index contributed by atoms with van der Waals surface area (Å²) in [5, 5.41) is 33.4. The number of aliphatic hydroxyl groups is 2. The average molecular weight is 1180 g/mol. The summed E-state index contributed by atoms with van der Waals surface area (Å²) in [6.45, 7) is 4.55. The predicted molar refractivity (Wildman–Crippen MR) is 299 cm³/mol. The monoisotopic (exact) mass is 1180 g/mol. The molecule has 10 rings (SSSR count). The van der Waals surface area contributed by atoms with E-state index >= 15 is 8.78 Å². The highest BCUT2D eigenvalue weighted by molar-refractivity contribution is 6.32. The van der Waals surface area contributed by atoms with Gasteiger partial charge in [-0.1, -0.05) is 67.0 Å². The van der Waals surface area contributed by atoms with Crippen molar-refractivity contribution in [2.75, 3.05) is 39.3 Å². The van der Waals surface area contributed by atoms with Crippen molar-refractivity contribution in [3.05, 3.63) is 177 Å². The summed E-state index contributed by atoms with van der Waals surface area (Å²) in [5.74, 6) is -10.8. The molecule has 0 bridgehead atoms. The Morgan fingerprint density at radius 2 is 1.00 bits per heavy atom. The lowest BCUT2D eigenvalue weighted by Crippen LogP contribution is -2.50. The van der Waals surface area contributed by atoms with Gasteiger partial charge in [0.1, 0.15) is 52.2 Å². The van der Waals surface area contributed by atoms with E-state index in [4.69, 9.17) is 53.0 Å². The first kappa shape index (κ1) is 63.0. The lowest BCUT2D eigenvalue weighted by molar-refractivity contribution is -0.166. The molecule has 2 aliphatic carbocycles. The van der Waals surface area contributed by atoms with Crippen LogP contribution in [0.15, 0.2) is 133 Å². The average Bonchev–Trinajstić information content (AvgIpc) is 4.46. The molecule has 6 aromatic rings. The molecule has 6 N–H and O–H groups in total. The Morgan fingerprint density at radius 3 is 1.41 bits per heavy atom. The van der Waals surface area contributed by atoms with Crippen LogP contribution in [-0.4, -0.2) is 101 Å². The van der Waals surface area contributed by atoms with Crippen LogP contribution in [-0.2, 0) is 21.4 Å². The predicted octanol–water partition coefficient (Wildman–Crippen LogP) is 13.0. The van der Waals surface area contributed by atoms with E-state index in [0.717, 1.165) is 113 Å². The number of halogens is 8. The van der Waals surface area contributed by atoms with Crippen LogP contribution in [0.2, 0.25) is 10.0 Å². The molecule has 2 aliphatic heterocycles. The summed E-state index contributed by atoms with van der Waals surface area (Å²) in [6, 6.07) is 28.6. The van der Waals surface area contributed by atoms with Gasteiger partial charge in [-0.3, -0.25) is 4.79 Å². The normalized spacial score (nSPS) is 16.9. The Kier molecular flexibility index (Phi) is 22.0. The molecule has 21 heteroatoms. The van der Waals surface area contributed by atoms with Crippen molar-refractivity contribution < 1.29 is 70.2 Å². The number of benzene rings is 6. The van der Waals surface area contributed by atoms with Crippen molar-refractivity contribution in [3.8, 4) is 34.5 Å². The fourth-order valence-corrected chi connectivity index (χ4v) is 9.40. The molecule has 2 saturated heterocycles. The molecule has 2 saturated carbocycles. The minimum atomic E-state index is -4.00. The molecule has 6 aromatic carbocycles. The van der Waals surface area contributed by atoms with E-state index in [9.17, 15) is 37.4 Å². The van der Waals surface area contributed by atoms with Gasteiger partial charge in [-0.25, -0.2) is 13.6 Å². The minimum Gasteiger partial charge on any atom is -0.489 e. The number of amides is 1. The highest BCUT2D eigenvalue weighted by Gasteiger charge is 2.44. The van der Waals surface area contributed by atoms with E-state index in [2.05, 4.69) is 10.2 Å². The fraction of sp³-hybridized carbons (Fsp3) is 0.377. The maximum atomic E-state index is 15.5. The number of carboxylic acid groups (broad SMARTS) is 1. The number of nitrogens with zero attached hydrogens (tertiary/aromatic N) is 2. The molecule has 2 heterocycles. The molecule has 13 nitrogen and oxygen atoms in total. The number of ether oxygens (including phenoxy) is 4. The van der Waals surface area contributed by atoms with Crippen molar-refractivity contribution in [3.63, 3.8) is 0 Å². The van der Waals surface area contributed by atoms with Crippen LogP contribution in [0, 0.1) is 11.6 Å². The van der Waals surface area contributed by atoms with Gasteiger partial charge in [0, 0.05) is 30.3 Å². The first-order valence-electron chi connectivity index (χ1n) is 26.6. The van der Waals surface area contributed by atoms with Crippen molar-refractivity contribution in [1.29, 1.82) is 0 Å². The number of carboxylic acids is 1. The van der Waals surface area contributed by atoms with Gasteiger partial charge in [-0.2, -0.15) is 17.6 Å². The molecule has 0 radical (unpaired) electrons. The first-order chi connectivity index (χ1) is 38.7. The van der Waals surface area contributed by atoms with E-state index in [1.807, 2.05) is 17.0 Å². The van der Waals surface area contributed by atoms with Gasteiger partial charge in [-0.05, 0) is 186 Å². The summed E-state index contributed by atoms with van der Waals surface area (Å²) >= 11 is 12.6. The number of nitrogens with one attached hydrogen (secondary N) is 1. The van der Waals surface area contributed by atoms with Gasteiger partial charge in [0.2, 0.25) is 0 Å². The van der Waals surface area contributed by atoms with E-state index in [1.54, 1.807) is 24.3 Å². The Balaban J connectivity index is 0.000000194. The lowest BCUT2D eigenvalue weighted by atomic mass is 10.00. The van der Waals surface area contributed by atoms with Crippen LogP contribution < -0.4 is 30.0 Å². The highest BCUT2D eigenvalue weighted by Crippen LogP contribution is 2.38. The van der Waals surface area contributed by atoms with Crippen LogP contribution in [0.5, 0.6) is 34.5 Å². The zero-order chi connectivity index (χ0) is 57.8. The van der Waals surface area contributed by atoms with Crippen molar-refractivity contribution in [1.82, 2.24) is 15.1 Å². The topological polar surface area (TPSA) is 176 Å². The number of alkyl halides is 4. The number of carbonyl (C=O) groups excluding carboxylic acids is 1. The second-order valence-corrected chi connectivity index (χ2v) is 21.1. The molecule has 0 spiro atoms. The molecule has 1 unspecified atom stereocenters. The molecule has 440 valence electrons. The quantitative estimate of drug-likeness (QED) is 0.0432. The number of likely N-dealkylation sites (tertiary alicyclic amines) is 2. The Hall–Kier alpha value is -6.58. The van der Waals surface area contributed by atoms with Crippen molar-refractivity contribution in [2.45, 2.75) is 107 Å². The number of hydrogen-bond donors (Lipinski definition) is 5. The Labute approximate surface area is 482 Å². The summed E-state index contributed by atoms with van der Waals surface area (Å²) < 4.78 is 106. The molecule has 4 fully saturated rings. The number of hydrogen-bond acceptors (Lipinski definition) is 11. The van der Waals surface area contributed by atoms with E-state index in [1.165, 1.54) is 73.5 Å². The standard InChI is InChI=1S/C30H30ClF3N2O4.C16H23ClN2O2.C14H9F3O3.CH4/c31-25-16-19(6-13-27(25)40-23-11-12-23)28(37)26(18-36-14-1-2-15-36)35-29(38)30(33,34)20-4-3-5-24(17-20)39-22-9-7-21(32)8-10-22;17-13-9-11(3-6-15(13)21-12-4-5-12)16(20)14(18)10-19-7-1-2-8-19;15-10-4-6-11(7-5-10)20-12-3-1-2-9(8-12)14(16,17)13(18)19;/h3-10,13,16-17,23,26,28,37H,1-2,11-12,14-15,18H2,(H,35,38);3,6,9,12,14,16,20H,1-2,4-5,7-8,10,18H2;1-8H,(H,18,19);1H4/t26-,28-;14-,16?;;/m11../s1. The molecular weight excluding hydrogens is 1120 g/mol. The number of aliphatic hydroxyl groups excluding tert-OH is 2. The molecule has 4 aliphatic rings. The molecule has 82 heavy (non-hydrogen) atoms. The summed E-state index contributed by atoms with van der Waals surface area (Å²) in [6.07, 6.45) is 6.93. The number of rotatable bonds is 21. The van der Waals surface area contributed by atoms with Crippen molar-refractivity contribution >= 4 is 35.1 Å². The van der Waals surface area contributed by atoms with Crippen LogP contribution in [0.3, 0.4) is 0 Å². The first-order valence-corrected chi connectivity index (χ1v) is 27.3. The Bertz CT molecular complexity index is 3060. The highest BCUT2D eigenvalue weighted by atomic mass is 35.5. The Morgan fingerprint density at radius 1 is 0.585 bits per heavy atom. The minimum absolute atomic E-state index is 0. The second kappa shape index (κ2) is 28.6. The van der Waals surface area contributed by atoms with Gasteiger partial charge in [0.15, 0.2) is 0 Å². The van der Waals surface area contributed by atoms with Gasteiger partial charge < -0.3 is 55.1 Å². The third-order valence-corrected chi connectivity index (χ3v) is 14.3. The summed E-state index contributed by atoms with van der Waals surface area (Å²) in [4.78, 5) is 27.8. The zero-order valence-electron chi connectivity index (χ0n) is 43.9. The maximum absolute atomic E-state index is 15.5. The SMILES string of the molecule is C.N[C@H](CN1CCCC1)C(O)c1ccc(OC2CC2)c(Cl)c1.O=C(N[C@H](CN1CCCC1)[C@H](O)c1ccc(OC2CC2)c(Cl)c1)C(F)(F)c1cccc(Oc2ccc(F)cc2)c1.O=C(O)C(F)(F)c1cccc(Oc2ccc(F)cc2)c1. The van der Waals surface area contributed by atoms with E-state index in [0.29, 0.717) is 33.2 Å². The number of nitrogens with two attached hydrogens (primary N) is 1. The van der Waals surface area contributed by atoms with Crippen molar-refractivity contribution in [2.24, 2.45) is 5.73 Å². The summed E-state index contributed by atoms with van der Waals surface area (Å²) in [5.41, 5.74) is 6.02. The number of aliphatic carboxylic acids is 1. The van der Waals surface area contributed by atoms with Crippen LogP contribution in [0.1, 0.15) is 93.3 Å². The molecular formula is C61H66Cl2F6N4O9. The summed E-state index contributed by atoms with van der Waals surface area (Å²) in [7, 11) is 0. The van der Waals surface area contributed by atoms with E-state index < -0.39 is 64.7 Å². The molecule has 0 aromatic heterocycles. The maximum Gasteiger partial charge on any atom is 0.379 e. The van der Waals surface area contributed by atoms with Gasteiger partial charge >= 0.3 is 17.8 Å². The second-order valence-electron chi connectivity index (χ2n) is 20.3. The van der Waals surface area contributed by atoms with Gasteiger partial charge in [-0.15, -0.1) is 0 Å². The molecule has 4 atom stereocenters. The molecule has 1 amide bonds. The fourth-order valence-electron chi connectivity index (χ4n) is 8.94. The lowest BCUT2D eigenvalue weighted by Gasteiger charge is -2.30. The van der Waals surface area contributed by atoms with Gasteiger partial charge in [0.05, 0.1) is 34.4 Å². The van der Waals surface area contributed by atoms with E-state index in [-0.39, 0.29) is 49.1 Å². The van der Waals surface area contributed by atoms with Crippen LogP contribution in [0.25, 0.3) is 0 Å². The third kappa shape index (κ3) is 17.7. The van der Waals surface area contributed by atoms with Gasteiger partial charge in [0.25, 0.3) is 5.91 Å². The van der Waals surface area contributed by atoms with Crippen LogP contribution in [0.4, 0.5) is 26.3 Å². The number of carbonyl (C=O) groups is 2.